The van der Waals surface area contributed by atoms with Crippen LogP contribution in [0.4, 0.5) is 0 Å². The molecule has 1 aliphatic heterocycles. The van der Waals surface area contributed by atoms with Crippen molar-refractivity contribution in [2.75, 3.05) is 23.5 Å². The third kappa shape index (κ3) is 3.74. The first-order valence-electron chi connectivity index (χ1n) is 5.63. The van der Waals surface area contributed by atoms with Crippen LogP contribution in [0, 0.1) is 5.41 Å². The van der Waals surface area contributed by atoms with Gasteiger partial charge in [-0.15, -0.1) is 0 Å². The van der Waals surface area contributed by atoms with Crippen LogP contribution in [-0.2, 0) is 9.59 Å². The third-order valence-corrected chi connectivity index (χ3v) is 6.55. The number of aliphatic carboxylic acids is 1. The van der Waals surface area contributed by atoms with Crippen LogP contribution in [0.3, 0.4) is 0 Å². The molecule has 0 aliphatic carbocycles. The standard InChI is InChI=1S/C11H19NO3S3/c1-10(6-17-18-7-10)8(13)12-11(2,9(14)15)4-5-16-3/h4-7H2,1-3H3,(H,12,13)(H,14,15). The van der Waals surface area contributed by atoms with Crippen LogP contribution in [0.5, 0.6) is 0 Å². The number of rotatable bonds is 6. The summed E-state index contributed by atoms with van der Waals surface area (Å²) >= 11 is 1.58. The molecule has 1 amide bonds. The van der Waals surface area contributed by atoms with Gasteiger partial charge in [0.05, 0.1) is 5.41 Å². The van der Waals surface area contributed by atoms with Crippen molar-refractivity contribution in [3.8, 4) is 0 Å². The second-order valence-electron chi connectivity index (χ2n) is 4.92. The van der Waals surface area contributed by atoms with Crippen molar-refractivity contribution in [3.63, 3.8) is 0 Å². The minimum absolute atomic E-state index is 0.147. The zero-order valence-electron chi connectivity index (χ0n) is 10.8. The Hall–Kier alpha value is -0.0100. The highest BCUT2D eigenvalue weighted by molar-refractivity contribution is 8.77. The molecule has 1 unspecified atom stereocenters. The summed E-state index contributed by atoms with van der Waals surface area (Å²) in [5.41, 5.74) is -1.62. The summed E-state index contributed by atoms with van der Waals surface area (Å²) in [5, 5.41) is 12.0. The van der Waals surface area contributed by atoms with E-state index in [1.807, 2.05) is 13.2 Å². The lowest BCUT2D eigenvalue weighted by Gasteiger charge is -2.30. The predicted molar refractivity (Wildman–Crippen MR) is 80.2 cm³/mol. The molecule has 1 heterocycles. The van der Waals surface area contributed by atoms with Gasteiger partial charge in [-0.2, -0.15) is 11.8 Å². The molecule has 1 atom stereocenters. The minimum atomic E-state index is -1.17. The molecule has 2 N–H and O–H groups in total. The Kier molecular flexibility index (Phi) is 5.73. The highest BCUT2D eigenvalue weighted by Gasteiger charge is 2.43. The Morgan fingerprint density at radius 2 is 2.00 bits per heavy atom. The highest BCUT2D eigenvalue weighted by atomic mass is 33.1. The zero-order valence-corrected chi connectivity index (χ0v) is 13.3. The summed E-state index contributed by atoms with van der Waals surface area (Å²) in [6.45, 7) is 3.48. The average Bonchev–Trinajstić information content (AvgIpc) is 2.74. The number of carbonyl (C=O) groups is 2. The van der Waals surface area contributed by atoms with Gasteiger partial charge in [0.15, 0.2) is 0 Å². The number of nitrogens with one attached hydrogen (secondary N) is 1. The van der Waals surface area contributed by atoms with Crippen molar-refractivity contribution < 1.29 is 14.7 Å². The van der Waals surface area contributed by atoms with Gasteiger partial charge in [0.1, 0.15) is 5.54 Å². The number of hydrogen-bond acceptors (Lipinski definition) is 5. The number of carboxylic acid groups (broad SMARTS) is 1. The van der Waals surface area contributed by atoms with Gasteiger partial charge in [-0.1, -0.05) is 21.6 Å². The quantitative estimate of drug-likeness (QED) is 0.733. The van der Waals surface area contributed by atoms with Crippen LogP contribution in [-0.4, -0.2) is 46.0 Å². The molecule has 1 aliphatic rings. The van der Waals surface area contributed by atoms with Gasteiger partial charge in [0, 0.05) is 11.5 Å². The first kappa shape index (κ1) is 16.0. The maximum atomic E-state index is 12.2. The first-order chi connectivity index (χ1) is 8.34. The van der Waals surface area contributed by atoms with E-state index in [0.29, 0.717) is 12.2 Å². The second kappa shape index (κ2) is 6.43. The SMILES string of the molecule is CSCCC(C)(NC(=O)C1(C)CSSC1)C(=O)O. The molecule has 1 rings (SSSR count). The first-order valence-corrected chi connectivity index (χ1v) is 9.52. The second-order valence-corrected chi connectivity index (χ2v) is 8.37. The van der Waals surface area contributed by atoms with Crippen LogP contribution in [0.15, 0.2) is 0 Å². The molecule has 0 radical (unpaired) electrons. The van der Waals surface area contributed by atoms with Crippen LogP contribution in [0.2, 0.25) is 0 Å². The normalized spacial score (nSPS) is 21.3. The van der Waals surface area contributed by atoms with E-state index in [4.69, 9.17) is 0 Å². The van der Waals surface area contributed by atoms with E-state index >= 15 is 0 Å². The summed E-state index contributed by atoms with van der Waals surface area (Å²) in [4.78, 5) is 23.6. The summed E-state index contributed by atoms with van der Waals surface area (Å²) in [6, 6.07) is 0. The number of thioether (sulfide) groups is 1. The van der Waals surface area contributed by atoms with E-state index in [0.717, 1.165) is 11.5 Å². The molecule has 0 aromatic rings. The van der Waals surface area contributed by atoms with E-state index in [-0.39, 0.29) is 5.91 Å². The van der Waals surface area contributed by atoms with Crippen molar-refractivity contribution in [3.05, 3.63) is 0 Å². The fraction of sp³-hybridized carbons (Fsp3) is 0.818. The van der Waals surface area contributed by atoms with Gasteiger partial charge in [-0.05, 0) is 32.3 Å². The van der Waals surface area contributed by atoms with Crippen molar-refractivity contribution in [1.29, 1.82) is 0 Å². The Balaban J connectivity index is 2.71. The van der Waals surface area contributed by atoms with E-state index in [1.165, 1.54) is 0 Å². The van der Waals surface area contributed by atoms with Gasteiger partial charge >= 0.3 is 5.97 Å². The van der Waals surface area contributed by atoms with Crippen molar-refractivity contribution >= 4 is 45.2 Å². The number of hydrogen-bond donors (Lipinski definition) is 2. The fourth-order valence-corrected chi connectivity index (χ4v) is 5.40. The fourth-order valence-electron chi connectivity index (χ4n) is 1.45. The molecule has 0 saturated carbocycles. The Morgan fingerprint density at radius 3 is 2.44 bits per heavy atom. The van der Waals surface area contributed by atoms with Crippen LogP contribution < -0.4 is 5.32 Å². The van der Waals surface area contributed by atoms with Gasteiger partial charge < -0.3 is 10.4 Å². The van der Waals surface area contributed by atoms with Gasteiger partial charge in [0.25, 0.3) is 0 Å². The molecule has 0 aromatic heterocycles. The predicted octanol–water partition coefficient (Wildman–Crippen LogP) is 2.10. The van der Waals surface area contributed by atoms with E-state index in [2.05, 4.69) is 5.32 Å². The van der Waals surface area contributed by atoms with E-state index in [1.54, 1.807) is 40.3 Å². The summed E-state index contributed by atoms with van der Waals surface area (Å²) in [6.07, 6.45) is 2.36. The Morgan fingerprint density at radius 1 is 1.44 bits per heavy atom. The molecular weight excluding hydrogens is 290 g/mol. The van der Waals surface area contributed by atoms with Gasteiger partial charge in [0.2, 0.25) is 5.91 Å². The number of carbonyl (C=O) groups excluding carboxylic acids is 1. The molecular formula is C11H19NO3S3. The minimum Gasteiger partial charge on any atom is -0.480 e. The molecule has 104 valence electrons. The monoisotopic (exact) mass is 309 g/mol. The smallest absolute Gasteiger partial charge is 0.329 e. The van der Waals surface area contributed by atoms with Crippen LogP contribution >= 0.6 is 33.3 Å². The largest absolute Gasteiger partial charge is 0.480 e. The molecule has 1 fully saturated rings. The van der Waals surface area contributed by atoms with Gasteiger partial charge in [-0.25, -0.2) is 4.79 Å². The lowest BCUT2D eigenvalue weighted by molar-refractivity contribution is -0.148. The van der Waals surface area contributed by atoms with Crippen LogP contribution in [0.1, 0.15) is 20.3 Å². The van der Waals surface area contributed by atoms with Crippen molar-refractivity contribution in [2.24, 2.45) is 5.41 Å². The van der Waals surface area contributed by atoms with Gasteiger partial charge in [-0.3, -0.25) is 4.79 Å². The zero-order chi connectivity index (χ0) is 13.8. The third-order valence-electron chi connectivity index (χ3n) is 3.05. The number of amides is 1. The maximum absolute atomic E-state index is 12.2. The molecule has 1 saturated heterocycles. The molecule has 18 heavy (non-hydrogen) atoms. The van der Waals surface area contributed by atoms with Crippen molar-refractivity contribution in [2.45, 2.75) is 25.8 Å². The summed E-state index contributed by atoms with van der Waals surface area (Å²) in [5.74, 6) is 1.07. The number of carboxylic acids is 1. The topological polar surface area (TPSA) is 66.4 Å². The van der Waals surface area contributed by atoms with Crippen molar-refractivity contribution in [1.82, 2.24) is 5.32 Å². The van der Waals surface area contributed by atoms with E-state index < -0.39 is 16.9 Å². The molecule has 0 aromatic carbocycles. The highest BCUT2D eigenvalue weighted by Crippen LogP contribution is 2.43. The molecule has 0 spiro atoms. The maximum Gasteiger partial charge on any atom is 0.329 e. The summed E-state index contributed by atoms with van der Waals surface area (Å²) < 4.78 is 0. The summed E-state index contributed by atoms with van der Waals surface area (Å²) in [7, 11) is 3.33. The average molecular weight is 309 g/mol. The lowest BCUT2D eigenvalue weighted by atomic mass is 9.91. The Labute approximate surface area is 120 Å². The molecule has 0 bridgehead atoms. The Bertz CT molecular complexity index is 331. The molecule has 4 nitrogen and oxygen atoms in total. The van der Waals surface area contributed by atoms with Crippen LogP contribution in [0.25, 0.3) is 0 Å². The molecule has 7 heteroatoms. The van der Waals surface area contributed by atoms with E-state index in [9.17, 15) is 14.7 Å². The lowest BCUT2D eigenvalue weighted by Crippen LogP contribution is -2.56.